The highest BCUT2D eigenvalue weighted by atomic mass is 35.5. The van der Waals surface area contributed by atoms with Crippen LogP contribution in [0.25, 0.3) is 0 Å². The molecule has 1 aromatic heterocycles. The van der Waals surface area contributed by atoms with Gasteiger partial charge in [-0.15, -0.1) is 11.6 Å². The standard InChI is InChI=1S/C8H8Cl2N2O3/c9-2-6(8(13)14)15-7-1-5(11)4(10)3-12-7/h1,3,6H,2H2,(H2,11,12)(H,13,14). The van der Waals surface area contributed by atoms with E-state index in [9.17, 15) is 4.79 Å². The number of aliphatic carboxylic acids is 1. The summed E-state index contributed by atoms with van der Waals surface area (Å²) in [5.41, 5.74) is 5.75. The number of nitrogens with two attached hydrogens (primary N) is 1. The number of carboxylic acid groups (broad SMARTS) is 1. The molecule has 0 amide bonds. The van der Waals surface area contributed by atoms with Crippen molar-refractivity contribution in [3.63, 3.8) is 0 Å². The quantitative estimate of drug-likeness (QED) is 0.789. The molecular weight excluding hydrogens is 243 g/mol. The predicted octanol–water partition coefficient (Wildman–Crippen LogP) is 1.39. The number of ether oxygens (including phenoxy) is 1. The molecule has 5 nitrogen and oxygen atoms in total. The number of aromatic nitrogens is 1. The number of pyridine rings is 1. The fourth-order valence-electron chi connectivity index (χ4n) is 0.792. The Hall–Kier alpha value is -1.20. The van der Waals surface area contributed by atoms with Gasteiger partial charge in [0.25, 0.3) is 0 Å². The molecule has 1 unspecified atom stereocenters. The second-order valence-corrected chi connectivity index (χ2v) is 3.36. The van der Waals surface area contributed by atoms with Gasteiger partial charge in [-0.3, -0.25) is 0 Å². The number of anilines is 1. The Bertz CT molecular complexity index is 373. The molecule has 0 aliphatic heterocycles. The molecule has 1 aromatic rings. The highest BCUT2D eigenvalue weighted by molar-refractivity contribution is 6.32. The number of nitrogen functional groups attached to an aromatic ring is 1. The Morgan fingerprint density at radius 3 is 2.87 bits per heavy atom. The molecule has 0 radical (unpaired) electrons. The molecule has 0 bridgehead atoms. The Labute approximate surface area is 95.8 Å². The zero-order valence-electron chi connectivity index (χ0n) is 7.48. The second kappa shape index (κ2) is 5.04. The maximum Gasteiger partial charge on any atom is 0.346 e. The van der Waals surface area contributed by atoms with Gasteiger partial charge in [0.2, 0.25) is 12.0 Å². The molecule has 0 fully saturated rings. The van der Waals surface area contributed by atoms with Crippen molar-refractivity contribution in [3.8, 4) is 5.88 Å². The van der Waals surface area contributed by atoms with Gasteiger partial charge < -0.3 is 15.6 Å². The summed E-state index contributed by atoms with van der Waals surface area (Å²) < 4.78 is 4.98. The molecule has 0 aliphatic rings. The SMILES string of the molecule is Nc1cc(OC(CCl)C(=O)O)ncc1Cl. The van der Waals surface area contributed by atoms with E-state index in [4.69, 9.17) is 38.8 Å². The van der Waals surface area contributed by atoms with E-state index in [1.54, 1.807) is 0 Å². The van der Waals surface area contributed by atoms with Gasteiger partial charge in [-0.05, 0) is 0 Å². The lowest BCUT2D eigenvalue weighted by Crippen LogP contribution is -2.28. The Morgan fingerprint density at radius 2 is 2.40 bits per heavy atom. The lowest BCUT2D eigenvalue weighted by Gasteiger charge is -2.11. The van der Waals surface area contributed by atoms with Crippen LogP contribution in [0.3, 0.4) is 0 Å². The molecule has 1 rings (SSSR count). The fraction of sp³-hybridized carbons (Fsp3) is 0.250. The Balaban J connectivity index is 2.80. The maximum atomic E-state index is 10.6. The van der Waals surface area contributed by atoms with Crippen molar-refractivity contribution in [1.82, 2.24) is 4.98 Å². The minimum atomic E-state index is -1.17. The van der Waals surface area contributed by atoms with E-state index < -0.39 is 12.1 Å². The number of alkyl halides is 1. The highest BCUT2D eigenvalue weighted by Gasteiger charge is 2.18. The molecule has 3 N–H and O–H groups in total. The van der Waals surface area contributed by atoms with Crippen LogP contribution in [0.2, 0.25) is 5.02 Å². The first kappa shape index (κ1) is 11.9. The van der Waals surface area contributed by atoms with Gasteiger partial charge >= 0.3 is 5.97 Å². The van der Waals surface area contributed by atoms with E-state index >= 15 is 0 Å². The van der Waals surface area contributed by atoms with E-state index in [1.807, 2.05) is 0 Å². The average molecular weight is 251 g/mol. The third kappa shape index (κ3) is 3.14. The molecule has 0 saturated heterocycles. The number of nitrogens with zero attached hydrogens (tertiary/aromatic N) is 1. The van der Waals surface area contributed by atoms with Crippen molar-refractivity contribution in [2.24, 2.45) is 0 Å². The molecular formula is C8H8Cl2N2O3. The lowest BCUT2D eigenvalue weighted by molar-refractivity contribution is -0.144. The molecule has 1 atom stereocenters. The van der Waals surface area contributed by atoms with Crippen LogP contribution >= 0.6 is 23.2 Å². The summed E-state index contributed by atoms with van der Waals surface area (Å²) in [6.45, 7) is 0. The van der Waals surface area contributed by atoms with E-state index in [0.717, 1.165) is 0 Å². The van der Waals surface area contributed by atoms with Gasteiger partial charge in [0.15, 0.2) is 0 Å². The molecule has 0 aromatic carbocycles. The number of carboxylic acids is 1. The van der Waals surface area contributed by atoms with Crippen LogP contribution in [0.4, 0.5) is 5.69 Å². The molecule has 0 spiro atoms. The minimum Gasteiger partial charge on any atom is -0.478 e. The van der Waals surface area contributed by atoms with E-state index in [2.05, 4.69) is 4.98 Å². The predicted molar refractivity (Wildman–Crippen MR) is 56.4 cm³/mol. The molecule has 15 heavy (non-hydrogen) atoms. The second-order valence-electron chi connectivity index (χ2n) is 2.64. The summed E-state index contributed by atoms with van der Waals surface area (Å²) >= 11 is 11.0. The summed E-state index contributed by atoms with van der Waals surface area (Å²) in [5.74, 6) is -1.27. The summed E-state index contributed by atoms with van der Waals surface area (Å²) in [7, 11) is 0. The topological polar surface area (TPSA) is 85.4 Å². The van der Waals surface area contributed by atoms with Crippen LogP contribution < -0.4 is 10.5 Å². The molecule has 1 heterocycles. The Kier molecular flexibility index (Phi) is 3.99. The number of hydrogen-bond acceptors (Lipinski definition) is 4. The van der Waals surface area contributed by atoms with E-state index in [1.165, 1.54) is 12.3 Å². The summed E-state index contributed by atoms with van der Waals surface area (Å²) in [4.78, 5) is 14.3. The first-order valence-corrected chi connectivity index (χ1v) is 4.82. The molecule has 82 valence electrons. The fourth-order valence-corrected chi connectivity index (χ4v) is 1.09. The zero-order valence-corrected chi connectivity index (χ0v) is 9.00. The highest BCUT2D eigenvalue weighted by Crippen LogP contribution is 2.21. The molecule has 7 heteroatoms. The van der Waals surface area contributed by atoms with Gasteiger partial charge in [0, 0.05) is 6.07 Å². The van der Waals surface area contributed by atoms with Gasteiger partial charge in [0.05, 0.1) is 22.8 Å². The largest absolute Gasteiger partial charge is 0.478 e. The normalized spacial score (nSPS) is 12.1. The van der Waals surface area contributed by atoms with Crippen molar-refractivity contribution >= 4 is 34.9 Å². The van der Waals surface area contributed by atoms with Crippen molar-refractivity contribution in [2.75, 3.05) is 11.6 Å². The average Bonchev–Trinajstić information content (AvgIpc) is 2.19. The smallest absolute Gasteiger partial charge is 0.346 e. The van der Waals surface area contributed by atoms with E-state index in [-0.39, 0.29) is 22.5 Å². The van der Waals surface area contributed by atoms with Crippen LogP contribution in [0.5, 0.6) is 5.88 Å². The third-order valence-electron chi connectivity index (χ3n) is 1.54. The van der Waals surface area contributed by atoms with Crippen molar-refractivity contribution in [3.05, 3.63) is 17.3 Å². The summed E-state index contributed by atoms with van der Waals surface area (Å²) in [5, 5.41) is 8.94. The minimum absolute atomic E-state index is 0.0740. The molecule has 0 aliphatic carbocycles. The van der Waals surface area contributed by atoms with Crippen molar-refractivity contribution < 1.29 is 14.6 Å². The van der Waals surface area contributed by atoms with Crippen molar-refractivity contribution in [1.29, 1.82) is 0 Å². The van der Waals surface area contributed by atoms with Gasteiger partial charge in [-0.1, -0.05) is 11.6 Å². The number of carbonyl (C=O) groups is 1. The van der Waals surface area contributed by atoms with Crippen LogP contribution in [-0.4, -0.2) is 28.0 Å². The Morgan fingerprint density at radius 1 is 1.73 bits per heavy atom. The van der Waals surface area contributed by atoms with Gasteiger partial charge in [0.1, 0.15) is 0 Å². The van der Waals surface area contributed by atoms with Gasteiger partial charge in [-0.25, -0.2) is 9.78 Å². The van der Waals surface area contributed by atoms with Crippen LogP contribution in [0, 0.1) is 0 Å². The molecule has 0 saturated carbocycles. The first-order chi connectivity index (χ1) is 7.04. The lowest BCUT2D eigenvalue weighted by atomic mass is 10.4. The summed E-state index contributed by atoms with van der Waals surface area (Å²) in [6.07, 6.45) is 0.124. The van der Waals surface area contributed by atoms with Crippen LogP contribution in [0.1, 0.15) is 0 Å². The maximum absolute atomic E-state index is 10.6. The number of rotatable bonds is 4. The van der Waals surface area contributed by atoms with Crippen LogP contribution in [0.15, 0.2) is 12.3 Å². The number of halogens is 2. The first-order valence-electron chi connectivity index (χ1n) is 3.91. The van der Waals surface area contributed by atoms with Crippen molar-refractivity contribution in [2.45, 2.75) is 6.10 Å². The zero-order chi connectivity index (χ0) is 11.4. The summed E-state index contributed by atoms with van der Waals surface area (Å²) in [6, 6.07) is 1.34. The van der Waals surface area contributed by atoms with Gasteiger partial charge in [-0.2, -0.15) is 0 Å². The van der Waals surface area contributed by atoms with E-state index in [0.29, 0.717) is 0 Å². The van der Waals surface area contributed by atoms with Crippen LogP contribution in [-0.2, 0) is 4.79 Å². The third-order valence-corrected chi connectivity index (χ3v) is 2.13. The number of hydrogen-bond donors (Lipinski definition) is 2. The monoisotopic (exact) mass is 250 g/mol.